The van der Waals surface area contributed by atoms with Crippen LogP contribution in [0.5, 0.6) is 0 Å². The van der Waals surface area contributed by atoms with Gasteiger partial charge in [-0.25, -0.2) is 9.88 Å². The average Bonchev–Trinajstić information content (AvgIpc) is 2.99. The lowest BCUT2D eigenvalue weighted by molar-refractivity contribution is -0.719. The molecule has 4 N–H and O–H groups in total. The zero-order valence-corrected chi connectivity index (χ0v) is 13.8. The highest BCUT2D eigenvalue weighted by molar-refractivity contribution is 7.90. The molecule has 1 aromatic carbocycles. The van der Waals surface area contributed by atoms with Gasteiger partial charge in [-0.2, -0.15) is 8.42 Å². The lowest BCUT2D eigenvalue weighted by atomic mass is 10.2. The first-order valence-corrected chi connectivity index (χ1v) is 8.73. The number of aromatic nitrogens is 2. The number of fused-ring (bicyclic) bond motifs is 1. The molecule has 0 fully saturated rings. The van der Waals surface area contributed by atoms with Crippen LogP contribution in [0, 0.1) is 0 Å². The van der Waals surface area contributed by atoms with Crippen LogP contribution in [0.15, 0.2) is 46.1 Å². The Kier molecular flexibility index (Phi) is 4.79. The van der Waals surface area contributed by atoms with Gasteiger partial charge >= 0.3 is 10.0 Å². The number of carbonyl (C=O) groups excluding carboxylic acids is 1. The second-order valence-electron chi connectivity index (χ2n) is 5.04. The highest BCUT2D eigenvalue weighted by atomic mass is 32.2. The summed E-state index contributed by atoms with van der Waals surface area (Å²) < 4.78 is 34.7. The fraction of sp³-hybridized carbons (Fsp3) is 0.214. The lowest BCUT2D eigenvalue weighted by Gasteiger charge is -2.12. The van der Waals surface area contributed by atoms with E-state index in [0.29, 0.717) is 5.56 Å². The predicted octanol–water partition coefficient (Wildman–Crippen LogP) is -0.831. The molecule has 1 amide bonds. The lowest BCUT2D eigenvalue weighted by Crippen LogP contribution is -2.44. The first-order valence-electron chi connectivity index (χ1n) is 7.29. The van der Waals surface area contributed by atoms with Gasteiger partial charge < -0.3 is 9.84 Å². The van der Waals surface area contributed by atoms with E-state index < -0.39 is 15.9 Å². The number of guanidine groups is 1. The van der Waals surface area contributed by atoms with E-state index in [-0.39, 0.29) is 36.7 Å². The Hall–Kier alpha value is -2.76. The quantitative estimate of drug-likeness (QED) is 0.403. The van der Waals surface area contributed by atoms with Gasteiger partial charge in [-0.05, 0) is 12.1 Å². The molecule has 11 heteroatoms. The van der Waals surface area contributed by atoms with E-state index in [2.05, 4.69) is 20.0 Å². The van der Waals surface area contributed by atoms with E-state index in [0.717, 1.165) is 0 Å². The fourth-order valence-corrected chi connectivity index (χ4v) is 3.22. The normalized spacial score (nSPS) is 15.0. The summed E-state index contributed by atoms with van der Waals surface area (Å²) in [7, 11) is -4.00. The molecule has 0 saturated heterocycles. The zero-order chi connectivity index (χ0) is 17.9. The molecular formula is C14H16N5O5S+. The third-order valence-electron chi connectivity index (χ3n) is 3.29. The van der Waals surface area contributed by atoms with Crippen LogP contribution in [0.2, 0.25) is 0 Å². The second-order valence-corrected chi connectivity index (χ2v) is 6.58. The van der Waals surface area contributed by atoms with Crippen molar-refractivity contribution < 1.29 is 27.6 Å². The Bertz CT molecular complexity index is 907. The van der Waals surface area contributed by atoms with Crippen molar-refractivity contribution in [1.82, 2.24) is 10.3 Å². The van der Waals surface area contributed by atoms with Gasteiger partial charge in [0.25, 0.3) is 22.7 Å². The minimum Gasteiger partial charge on any atom is -0.394 e. The number of rotatable bonds is 5. The number of benzene rings is 1. The molecule has 0 radical (unpaired) electrons. The molecule has 0 unspecified atom stereocenters. The van der Waals surface area contributed by atoms with Gasteiger partial charge in [0.1, 0.15) is 0 Å². The first-order chi connectivity index (χ1) is 12.0. The first kappa shape index (κ1) is 17.1. The monoisotopic (exact) mass is 366 g/mol. The third-order valence-corrected chi connectivity index (χ3v) is 4.54. The van der Waals surface area contributed by atoms with Gasteiger partial charge in [-0.1, -0.05) is 18.2 Å². The number of amides is 1. The average molecular weight is 366 g/mol. The third kappa shape index (κ3) is 3.68. The van der Waals surface area contributed by atoms with Crippen LogP contribution in [-0.2, 0) is 21.5 Å². The summed E-state index contributed by atoms with van der Waals surface area (Å²) in [5.74, 6) is -0.530. The van der Waals surface area contributed by atoms with Crippen molar-refractivity contribution in [1.29, 1.82) is 0 Å². The predicted molar refractivity (Wildman–Crippen MR) is 86.2 cm³/mol. The van der Waals surface area contributed by atoms with E-state index in [1.807, 2.05) is 0 Å². The maximum atomic E-state index is 12.2. The molecule has 0 aliphatic carbocycles. The molecule has 0 saturated carbocycles. The van der Waals surface area contributed by atoms with Crippen molar-refractivity contribution >= 4 is 27.7 Å². The fourth-order valence-electron chi connectivity index (χ4n) is 2.18. The number of nitrogens with one attached hydrogen (secondary N) is 3. The summed E-state index contributed by atoms with van der Waals surface area (Å²) in [6.45, 7) is -0.0427. The molecule has 3 rings (SSSR count). The topological polar surface area (TPSA) is 137 Å². The number of aliphatic hydroxyl groups excluding tert-OH is 1. The Morgan fingerprint density at radius 3 is 2.80 bits per heavy atom. The van der Waals surface area contributed by atoms with Crippen LogP contribution in [0.4, 0.5) is 5.82 Å². The minimum atomic E-state index is -4.00. The van der Waals surface area contributed by atoms with Crippen molar-refractivity contribution in [3.05, 3.63) is 42.2 Å². The van der Waals surface area contributed by atoms with Gasteiger partial charge in [-0.15, -0.1) is 4.40 Å². The molecule has 2 aromatic rings. The van der Waals surface area contributed by atoms with Gasteiger partial charge in [0.15, 0.2) is 13.1 Å². The van der Waals surface area contributed by atoms with E-state index in [4.69, 9.17) is 9.84 Å². The summed E-state index contributed by atoms with van der Waals surface area (Å²) in [5, 5.41) is 13.8. The highest BCUT2D eigenvalue weighted by Gasteiger charge is 2.36. The summed E-state index contributed by atoms with van der Waals surface area (Å²) in [5.41, 5.74) is 0.364. The van der Waals surface area contributed by atoms with Gasteiger partial charge in [0, 0.05) is 5.56 Å². The molecular weight excluding hydrogens is 350 g/mol. The van der Waals surface area contributed by atoms with Crippen molar-refractivity contribution in [3.63, 3.8) is 0 Å². The zero-order valence-electron chi connectivity index (χ0n) is 13.0. The summed E-state index contributed by atoms with van der Waals surface area (Å²) in [6.07, 6.45) is 1.39. The highest BCUT2D eigenvalue weighted by Crippen LogP contribution is 2.21. The van der Waals surface area contributed by atoms with Crippen LogP contribution < -0.4 is 15.2 Å². The number of imidazole rings is 1. The van der Waals surface area contributed by atoms with Crippen LogP contribution in [0.1, 0.15) is 10.4 Å². The number of anilines is 1. The molecule has 2 heterocycles. The molecule has 0 atom stereocenters. The Balaban J connectivity index is 1.81. The van der Waals surface area contributed by atoms with Gasteiger partial charge in [0.2, 0.25) is 0 Å². The van der Waals surface area contributed by atoms with Crippen molar-refractivity contribution in [3.8, 4) is 0 Å². The summed E-state index contributed by atoms with van der Waals surface area (Å²) >= 11 is 0. The van der Waals surface area contributed by atoms with Crippen molar-refractivity contribution in [2.24, 2.45) is 4.40 Å². The number of sulfonamides is 1. The van der Waals surface area contributed by atoms with E-state index in [9.17, 15) is 13.2 Å². The van der Waals surface area contributed by atoms with E-state index in [1.165, 1.54) is 10.9 Å². The number of aromatic amines is 1. The Morgan fingerprint density at radius 1 is 1.32 bits per heavy atom. The summed E-state index contributed by atoms with van der Waals surface area (Å²) in [4.78, 5) is 14.8. The molecule has 132 valence electrons. The van der Waals surface area contributed by atoms with E-state index in [1.54, 1.807) is 30.3 Å². The SMILES string of the molecule is O=C(NC1=NS(=O)(=O)c2[nH]c[n+](COCCO)c2N1)c1ccccc1. The van der Waals surface area contributed by atoms with Crippen LogP contribution in [0.25, 0.3) is 0 Å². The molecule has 1 aromatic heterocycles. The minimum absolute atomic E-state index is 0.00875. The number of nitrogens with zero attached hydrogens (tertiary/aromatic N) is 2. The molecule has 1 aliphatic rings. The Morgan fingerprint density at radius 2 is 2.08 bits per heavy atom. The molecule has 0 bridgehead atoms. The molecule has 1 aliphatic heterocycles. The van der Waals surface area contributed by atoms with Crippen LogP contribution >= 0.6 is 0 Å². The van der Waals surface area contributed by atoms with Gasteiger partial charge in [0.05, 0.1) is 13.2 Å². The number of hydrogen-bond donors (Lipinski definition) is 4. The van der Waals surface area contributed by atoms with Crippen molar-refractivity contribution in [2.45, 2.75) is 11.8 Å². The number of ether oxygens (including phenoxy) is 1. The van der Waals surface area contributed by atoms with E-state index >= 15 is 0 Å². The van der Waals surface area contributed by atoms with Crippen molar-refractivity contribution in [2.75, 3.05) is 18.5 Å². The smallest absolute Gasteiger partial charge is 0.323 e. The second kappa shape index (κ2) is 7.01. The maximum Gasteiger partial charge on any atom is 0.323 e. The largest absolute Gasteiger partial charge is 0.394 e. The Labute approximate surface area is 143 Å². The number of aliphatic hydroxyl groups is 1. The molecule has 25 heavy (non-hydrogen) atoms. The number of hydrogen-bond acceptors (Lipinski definition) is 6. The molecule has 10 nitrogen and oxygen atoms in total. The number of carbonyl (C=O) groups is 1. The van der Waals surface area contributed by atoms with Gasteiger partial charge in [-0.3, -0.25) is 15.1 Å². The van der Waals surface area contributed by atoms with Crippen LogP contribution in [-0.4, -0.2) is 43.6 Å². The molecule has 0 spiro atoms. The number of H-pyrrole nitrogens is 1. The maximum absolute atomic E-state index is 12.2. The van der Waals surface area contributed by atoms with Crippen LogP contribution in [0.3, 0.4) is 0 Å². The summed E-state index contributed by atoms with van der Waals surface area (Å²) in [6, 6.07) is 8.34. The standard InChI is InChI=1S/C14H15N5O5S/c20-6-7-24-9-19-8-15-13-11(19)16-14(18-25(13,22)23)17-12(21)10-4-2-1-3-5-10/h1-5,8,20H,6-7,9H2,(H2,16,17,18,21)/p+1.